The van der Waals surface area contributed by atoms with Crippen molar-refractivity contribution in [3.63, 3.8) is 0 Å². The molecule has 0 bridgehead atoms. The van der Waals surface area contributed by atoms with E-state index in [0.717, 1.165) is 29.8 Å². The summed E-state index contributed by atoms with van der Waals surface area (Å²) in [6.07, 6.45) is 2.25. The van der Waals surface area contributed by atoms with Crippen molar-refractivity contribution in [1.82, 2.24) is 10.4 Å². The van der Waals surface area contributed by atoms with Gasteiger partial charge in [0.15, 0.2) is 5.76 Å². The molecule has 2 N–H and O–H groups in total. The number of amides is 2. The van der Waals surface area contributed by atoms with Crippen LogP contribution in [0.25, 0.3) is 0 Å². The lowest BCUT2D eigenvalue weighted by Crippen LogP contribution is -2.22. The molecule has 0 radical (unpaired) electrons. The molecule has 0 spiro atoms. The van der Waals surface area contributed by atoms with E-state index in [1.54, 1.807) is 30.3 Å². The Morgan fingerprint density at radius 2 is 1.80 bits per heavy atom. The van der Waals surface area contributed by atoms with Crippen molar-refractivity contribution < 1.29 is 14.0 Å². The maximum Gasteiger partial charge on any atom is 0.292 e. The largest absolute Gasteiger partial charge is 0.455 e. The number of furan rings is 1. The monoisotopic (exact) mass is 402 g/mol. The van der Waals surface area contributed by atoms with Crippen molar-refractivity contribution >= 4 is 23.3 Å². The van der Waals surface area contributed by atoms with Crippen LogP contribution in [0.15, 0.2) is 58.0 Å². The van der Waals surface area contributed by atoms with Crippen LogP contribution in [0.4, 0.5) is 5.82 Å². The highest BCUT2D eigenvalue weighted by molar-refractivity contribution is 6.09. The van der Waals surface area contributed by atoms with E-state index in [0.29, 0.717) is 29.1 Å². The third-order valence-electron chi connectivity index (χ3n) is 4.99. The van der Waals surface area contributed by atoms with Crippen molar-refractivity contribution in [3.8, 4) is 0 Å². The molecule has 0 unspecified atom stereocenters. The summed E-state index contributed by atoms with van der Waals surface area (Å²) in [5.41, 5.74) is 6.20. The maximum atomic E-state index is 12.8. The number of benzene rings is 1. The van der Waals surface area contributed by atoms with Gasteiger partial charge in [0.25, 0.3) is 11.8 Å². The first-order chi connectivity index (χ1) is 14.5. The van der Waals surface area contributed by atoms with E-state index in [2.05, 4.69) is 20.8 Å². The second kappa shape index (κ2) is 8.32. The first-order valence-corrected chi connectivity index (χ1v) is 9.82. The highest BCUT2D eigenvalue weighted by Gasteiger charge is 2.28. The number of hydrogen-bond donors (Lipinski definition) is 2. The Balaban J connectivity index is 1.57. The molecule has 0 fully saturated rings. The molecule has 152 valence electrons. The zero-order chi connectivity index (χ0) is 21.1. The van der Waals surface area contributed by atoms with Gasteiger partial charge in [-0.2, -0.15) is 5.10 Å². The quantitative estimate of drug-likeness (QED) is 0.644. The Labute approximate surface area is 174 Å². The topological polar surface area (TPSA) is 96.6 Å². The van der Waals surface area contributed by atoms with Gasteiger partial charge in [-0.3, -0.25) is 9.59 Å². The minimum atomic E-state index is -0.354. The van der Waals surface area contributed by atoms with E-state index >= 15 is 0 Å². The Morgan fingerprint density at radius 3 is 2.57 bits per heavy atom. The molecular formula is C23H22N4O3. The third-order valence-corrected chi connectivity index (χ3v) is 4.99. The van der Waals surface area contributed by atoms with Crippen LogP contribution in [-0.2, 0) is 6.42 Å². The summed E-state index contributed by atoms with van der Waals surface area (Å²) in [4.78, 5) is 29.4. The average molecular weight is 402 g/mol. The molecule has 0 saturated carbocycles. The van der Waals surface area contributed by atoms with E-state index in [4.69, 9.17) is 4.42 Å². The molecule has 4 rings (SSSR count). The van der Waals surface area contributed by atoms with Crippen LogP contribution in [-0.4, -0.2) is 22.5 Å². The number of fused-ring (bicyclic) bond motifs is 1. The number of hydrazone groups is 1. The number of rotatable bonds is 4. The molecule has 3 aromatic rings. The number of hydrogen-bond acceptors (Lipinski definition) is 5. The van der Waals surface area contributed by atoms with E-state index in [1.807, 2.05) is 32.0 Å². The highest BCUT2D eigenvalue weighted by Crippen LogP contribution is 2.30. The van der Waals surface area contributed by atoms with E-state index in [-0.39, 0.29) is 17.6 Å². The van der Waals surface area contributed by atoms with E-state index in [9.17, 15) is 9.59 Å². The fraction of sp³-hybridized carbons (Fsp3) is 0.217. The van der Waals surface area contributed by atoms with Gasteiger partial charge < -0.3 is 9.73 Å². The summed E-state index contributed by atoms with van der Waals surface area (Å²) >= 11 is 0. The maximum absolute atomic E-state index is 12.8. The molecule has 7 nitrogen and oxygen atoms in total. The minimum absolute atomic E-state index is 0.243. The number of nitrogens with one attached hydrogen (secondary N) is 2. The summed E-state index contributed by atoms with van der Waals surface area (Å²) in [5, 5.41) is 7.13. The number of pyridine rings is 1. The van der Waals surface area contributed by atoms with E-state index in [1.165, 1.54) is 0 Å². The molecule has 7 heteroatoms. The lowest BCUT2D eigenvalue weighted by atomic mass is 9.93. The predicted octanol–water partition coefficient (Wildman–Crippen LogP) is 4.01. The molecule has 1 aliphatic carbocycles. The van der Waals surface area contributed by atoms with E-state index < -0.39 is 0 Å². The molecule has 1 aliphatic rings. The van der Waals surface area contributed by atoms with Crippen LogP contribution in [0.3, 0.4) is 0 Å². The molecule has 2 amide bonds. The van der Waals surface area contributed by atoms with Gasteiger partial charge in [-0.25, -0.2) is 10.4 Å². The molecule has 30 heavy (non-hydrogen) atoms. The highest BCUT2D eigenvalue weighted by atomic mass is 16.4. The van der Waals surface area contributed by atoms with Crippen molar-refractivity contribution in [1.29, 1.82) is 0 Å². The normalized spacial score (nSPS) is 14.3. The molecule has 1 aromatic carbocycles. The van der Waals surface area contributed by atoms with Gasteiger partial charge in [0.1, 0.15) is 11.6 Å². The van der Waals surface area contributed by atoms with Crippen molar-refractivity contribution in [3.05, 3.63) is 82.4 Å². The Kier molecular flexibility index (Phi) is 5.43. The lowest BCUT2D eigenvalue weighted by molar-refractivity contribution is 0.0953. The smallest absolute Gasteiger partial charge is 0.292 e. The molecule has 2 heterocycles. The first-order valence-electron chi connectivity index (χ1n) is 9.82. The van der Waals surface area contributed by atoms with Crippen molar-refractivity contribution in [2.45, 2.75) is 33.1 Å². The summed E-state index contributed by atoms with van der Waals surface area (Å²) in [6, 6.07) is 14.3. The minimum Gasteiger partial charge on any atom is -0.455 e. The second-order valence-electron chi connectivity index (χ2n) is 7.19. The summed E-state index contributed by atoms with van der Waals surface area (Å²) in [7, 11) is 0. The number of nitrogens with zero attached hydrogens (tertiary/aromatic N) is 2. The van der Waals surface area contributed by atoms with Crippen LogP contribution in [0.1, 0.15) is 56.3 Å². The van der Waals surface area contributed by atoms with Gasteiger partial charge in [0.2, 0.25) is 0 Å². The van der Waals surface area contributed by atoms with Crippen LogP contribution >= 0.6 is 0 Å². The number of carbonyl (C=O) groups excluding carboxylic acids is 2. The molecule has 2 aromatic heterocycles. The second-order valence-corrected chi connectivity index (χ2v) is 7.19. The lowest BCUT2D eigenvalue weighted by Gasteiger charge is -2.13. The SMILES string of the molecule is Cc1cccc(NC(=O)c2oc3c(c2C)/C(=N/NC(=O)c2ccccc2)CCC3)n1. The zero-order valence-electron chi connectivity index (χ0n) is 16.9. The van der Waals surface area contributed by atoms with Gasteiger partial charge in [0, 0.05) is 28.8 Å². The summed E-state index contributed by atoms with van der Waals surface area (Å²) in [5.74, 6) is 0.798. The Hall–Kier alpha value is -3.74. The number of carbonyl (C=O) groups is 2. The van der Waals surface area contributed by atoms with Crippen LogP contribution in [0.2, 0.25) is 0 Å². The van der Waals surface area contributed by atoms with Gasteiger partial charge >= 0.3 is 0 Å². The first kappa shape index (κ1) is 19.6. The third kappa shape index (κ3) is 4.00. The molecule has 0 saturated heterocycles. The Bertz CT molecular complexity index is 1130. The fourth-order valence-corrected chi connectivity index (χ4v) is 3.55. The van der Waals surface area contributed by atoms with Crippen LogP contribution < -0.4 is 10.7 Å². The average Bonchev–Trinajstić information content (AvgIpc) is 3.10. The molecule has 0 aliphatic heterocycles. The fourth-order valence-electron chi connectivity index (χ4n) is 3.55. The molecular weight excluding hydrogens is 380 g/mol. The van der Waals surface area contributed by atoms with Crippen LogP contribution in [0.5, 0.6) is 0 Å². The predicted molar refractivity (Wildman–Crippen MR) is 114 cm³/mol. The number of aryl methyl sites for hydroxylation is 2. The summed E-state index contributed by atoms with van der Waals surface area (Å²) in [6.45, 7) is 3.69. The van der Waals surface area contributed by atoms with Gasteiger partial charge in [0.05, 0.1) is 5.71 Å². The number of anilines is 1. The zero-order valence-corrected chi connectivity index (χ0v) is 16.9. The number of aromatic nitrogens is 1. The van der Waals surface area contributed by atoms with Gasteiger partial charge in [-0.05, 0) is 51.0 Å². The standard InChI is InChI=1S/C23H22N4O3/c1-14-8-6-13-19(24-14)25-23(29)21-15(2)20-17(11-7-12-18(20)30-21)26-27-22(28)16-9-4-3-5-10-16/h3-6,8-10,13H,7,11-12H2,1-2H3,(H,27,28)(H,24,25,29)/b26-17+. The van der Waals surface area contributed by atoms with Crippen molar-refractivity contribution in [2.24, 2.45) is 5.10 Å². The van der Waals surface area contributed by atoms with Gasteiger partial charge in [-0.1, -0.05) is 24.3 Å². The van der Waals surface area contributed by atoms with Crippen LogP contribution in [0, 0.1) is 13.8 Å². The Morgan fingerprint density at radius 1 is 1.00 bits per heavy atom. The summed E-state index contributed by atoms with van der Waals surface area (Å²) < 4.78 is 5.89. The van der Waals surface area contributed by atoms with Crippen molar-refractivity contribution in [2.75, 3.05) is 5.32 Å². The molecule has 0 atom stereocenters. The van der Waals surface area contributed by atoms with Gasteiger partial charge in [-0.15, -0.1) is 0 Å².